The monoisotopic (exact) mass is 302 g/mol. The Hall–Kier alpha value is -1.27. The van der Waals surface area contributed by atoms with Gasteiger partial charge in [0.05, 0.1) is 17.0 Å². The number of nitrogens with one attached hydrogen (secondary N) is 1. The fourth-order valence-electron chi connectivity index (χ4n) is 1.57. The van der Waals surface area contributed by atoms with Crippen LogP contribution >= 0.6 is 11.6 Å². The van der Waals surface area contributed by atoms with E-state index in [1.54, 1.807) is 6.07 Å². The molecule has 2 rings (SSSR count). The SMILES string of the molecule is CN(c1cc(C(=O)NC2CC2)ccc1Cl)S(C)(=O)=O. The quantitative estimate of drug-likeness (QED) is 0.919. The van der Waals surface area contributed by atoms with Crippen LogP contribution in [0.3, 0.4) is 0 Å². The third-order valence-corrected chi connectivity index (χ3v) is 4.47. The fraction of sp³-hybridized carbons (Fsp3) is 0.417. The Bertz CT molecular complexity index is 611. The predicted octanol–water partition coefficient (Wildman–Crippen LogP) is 1.63. The summed E-state index contributed by atoms with van der Waals surface area (Å²) in [6, 6.07) is 4.85. The van der Waals surface area contributed by atoms with Gasteiger partial charge in [0.25, 0.3) is 5.91 Å². The van der Waals surface area contributed by atoms with Crippen molar-refractivity contribution in [1.29, 1.82) is 0 Å². The van der Waals surface area contributed by atoms with Crippen LogP contribution < -0.4 is 9.62 Å². The summed E-state index contributed by atoms with van der Waals surface area (Å²) in [6.07, 6.45) is 3.07. The molecule has 0 aliphatic heterocycles. The summed E-state index contributed by atoms with van der Waals surface area (Å²) in [7, 11) is -2.01. The minimum Gasteiger partial charge on any atom is -0.349 e. The molecule has 0 spiro atoms. The molecule has 1 aliphatic rings. The Balaban J connectivity index is 2.30. The third-order valence-electron chi connectivity index (χ3n) is 2.96. The number of halogens is 1. The molecular formula is C12H15ClN2O3S. The molecule has 1 aliphatic carbocycles. The Morgan fingerprint density at radius 3 is 2.58 bits per heavy atom. The first-order valence-electron chi connectivity index (χ1n) is 5.83. The average Bonchev–Trinajstić information content (AvgIpc) is 3.11. The van der Waals surface area contributed by atoms with Gasteiger partial charge >= 0.3 is 0 Å². The lowest BCUT2D eigenvalue weighted by Gasteiger charge is -2.18. The van der Waals surface area contributed by atoms with Gasteiger partial charge in [0, 0.05) is 18.7 Å². The van der Waals surface area contributed by atoms with E-state index >= 15 is 0 Å². The van der Waals surface area contributed by atoms with E-state index in [1.807, 2.05) is 0 Å². The van der Waals surface area contributed by atoms with Gasteiger partial charge in [-0.1, -0.05) is 11.6 Å². The molecule has 7 heteroatoms. The highest BCUT2D eigenvalue weighted by atomic mass is 35.5. The maximum atomic E-state index is 11.9. The first-order valence-corrected chi connectivity index (χ1v) is 8.06. The van der Waals surface area contributed by atoms with Crippen molar-refractivity contribution in [3.8, 4) is 0 Å². The van der Waals surface area contributed by atoms with Gasteiger partial charge in [-0.05, 0) is 31.0 Å². The van der Waals surface area contributed by atoms with E-state index < -0.39 is 10.0 Å². The van der Waals surface area contributed by atoms with E-state index in [0.29, 0.717) is 11.3 Å². The van der Waals surface area contributed by atoms with Crippen LogP contribution in [0.15, 0.2) is 18.2 Å². The highest BCUT2D eigenvalue weighted by Crippen LogP contribution is 2.28. The molecular weight excluding hydrogens is 288 g/mol. The number of carbonyl (C=O) groups is 1. The van der Waals surface area contributed by atoms with Gasteiger partial charge in [0.1, 0.15) is 0 Å². The third kappa shape index (κ3) is 3.39. The zero-order valence-electron chi connectivity index (χ0n) is 10.7. The largest absolute Gasteiger partial charge is 0.349 e. The second kappa shape index (κ2) is 5.02. The molecule has 1 amide bonds. The molecule has 19 heavy (non-hydrogen) atoms. The molecule has 0 heterocycles. The van der Waals surface area contributed by atoms with E-state index in [0.717, 1.165) is 23.4 Å². The molecule has 0 aromatic heterocycles. The van der Waals surface area contributed by atoms with E-state index in [1.165, 1.54) is 19.2 Å². The highest BCUT2D eigenvalue weighted by Gasteiger charge is 2.24. The fourth-order valence-corrected chi connectivity index (χ4v) is 2.37. The summed E-state index contributed by atoms with van der Waals surface area (Å²) in [5.41, 5.74) is 0.703. The molecule has 0 unspecified atom stereocenters. The second-order valence-corrected chi connectivity index (χ2v) is 7.07. The van der Waals surface area contributed by atoms with Gasteiger partial charge in [0.2, 0.25) is 10.0 Å². The highest BCUT2D eigenvalue weighted by molar-refractivity contribution is 7.92. The summed E-state index contributed by atoms with van der Waals surface area (Å²) in [5.74, 6) is -0.206. The molecule has 1 aromatic rings. The molecule has 104 valence electrons. The second-order valence-electron chi connectivity index (χ2n) is 4.64. The smallest absolute Gasteiger partial charge is 0.251 e. The Labute approximate surface area is 117 Å². The summed E-state index contributed by atoms with van der Waals surface area (Å²) >= 11 is 5.98. The topological polar surface area (TPSA) is 66.5 Å². The average molecular weight is 303 g/mol. The van der Waals surface area contributed by atoms with Gasteiger partial charge in [-0.15, -0.1) is 0 Å². The van der Waals surface area contributed by atoms with Crippen molar-refractivity contribution in [2.24, 2.45) is 0 Å². The van der Waals surface area contributed by atoms with Crippen LogP contribution in [0.25, 0.3) is 0 Å². The molecule has 0 atom stereocenters. The Morgan fingerprint density at radius 2 is 2.05 bits per heavy atom. The number of amides is 1. The van der Waals surface area contributed by atoms with Crippen molar-refractivity contribution in [3.05, 3.63) is 28.8 Å². The first-order chi connectivity index (χ1) is 8.79. The molecule has 1 fully saturated rings. The van der Waals surface area contributed by atoms with Crippen molar-refractivity contribution in [3.63, 3.8) is 0 Å². The normalized spacial score (nSPS) is 15.1. The molecule has 0 radical (unpaired) electrons. The number of carbonyl (C=O) groups excluding carboxylic acids is 1. The van der Waals surface area contributed by atoms with E-state index in [4.69, 9.17) is 11.6 Å². The molecule has 1 saturated carbocycles. The molecule has 1 aromatic carbocycles. The van der Waals surface area contributed by atoms with E-state index in [2.05, 4.69) is 5.32 Å². The lowest BCUT2D eigenvalue weighted by Crippen LogP contribution is -2.27. The maximum Gasteiger partial charge on any atom is 0.251 e. The van der Waals surface area contributed by atoms with Crippen molar-refractivity contribution in [2.45, 2.75) is 18.9 Å². The maximum absolute atomic E-state index is 11.9. The summed E-state index contributed by atoms with van der Waals surface area (Å²) in [4.78, 5) is 11.9. The molecule has 0 bridgehead atoms. The minimum atomic E-state index is -3.41. The van der Waals surface area contributed by atoms with Gasteiger partial charge in [-0.2, -0.15) is 0 Å². The van der Waals surface area contributed by atoms with Crippen molar-refractivity contribution >= 4 is 33.2 Å². The van der Waals surface area contributed by atoms with Crippen LogP contribution in [0.5, 0.6) is 0 Å². The van der Waals surface area contributed by atoms with Crippen LogP contribution in [0.2, 0.25) is 5.02 Å². The number of hydrogen-bond acceptors (Lipinski definition) is 3. The lowest BCUT2D eigenvalue weighted by molar-refractivity contribution is 0.0951. The van der Waals surface area contributed by atoms with E-state index in [9.17, 15) is 13.2 Å². The molecule has 1 N–H and O–H groups in total. The van der Waals surface area contributed by atoms with Gasteiger partial charge < -0.3 is 5.32 Å². The number of nitrogens with zero attached hydrogens (tertiary/aromatic N) is 1. The van der Waals surface area contributed by atoms with Crippen LogP contribution in [0, 0.1) is 0 Å². The number of anilines is 1. The van der Waals surface area contributed by atoms with Crippen molar-refractivity contribution < 1.29 is 13.2 Å². The predicted molar refractivity (Wildman–Crippen MR) is 75.2 cm³/mol. The van der Waals surface area contributed by atoms with Gasteiger partial charge in [0.15, 0.2) is 0 Å². The van der Waals surface area contributed by atoms with Gasteiger partial charge in [-0.3, -0.25) is 9.10 Å². The van der Waals surface area contributed by atoms with E-state index in [-0.39, 0.29) is 17.0 Å². The lowest BCUT2D eigenvalue weighted by atomic mass is 10.2. The van der Waals surface area contributed by atoms with Crippen LogP contribution in [-0.2, 0) is 10.0 Å². The van der Waals surface area contributed by atoms with Crippen LogP contribution in [0.4, 0.5) is 5.69 Å². The zero-order chi connectivity index (χ0) is 14.2. The standard InChI is InChI=1S/C12H15ClN2O3S/c1-15(19(2,17)18)11-7-8(3-6-10(11)13)12(16)14-9-4-5-9/h3,6-7,9H,4-5H2,1-2H3,(H,14,16). The number of rotatable bonds is 4. The Morgan fingerprint density at radius 1 is 1.42 bits per heavy atom. The number of sulfonamides is 1. The van der Waals surface area contributed by atoms with Crippen LogP contribution in [-0.4, -0.2) is 33.7 Å². The van der Waals surface area contributed by atoms with Crippen molar-refractivity contribution in [2.75, 3.05) is 17.6 Å². The van der Waals surface area contributed by atoms with Crippen molar-refractivity contribution in [1.82, 2.24) is 5.32 Å². The number of benzene rings is 1. The van der Waals surface area contributed by atoms with Crippen LogP contribution in [0.1, 0.15) is 23.2 Å². The minimum absolute atomic E-state index is 0.206. The Kier molecular flexibility index (Phi) is 3.73. The summed E-state index contributed by atoms with van der Waals surface area (Å²) in [6.45, 7) is 0. The number of hydrogen-bond donors (Lipinski definition) is 1. The molecule has 0 saturated heterocycles. The first kappa shape index (κ1) is 14.1. The summed E-state index contributed by atoms with van der Waals surface area (Å²) in [5, 5.41) is 3.13. The molecule has 5 nitrogen and oxygen atoms in total. The summed E-state index contributed by atoms with van der Waals surface area (Å²) < 4.78 is 24.1. The van der Waals surface area contributed by atoms with Gasteiger partial charge in [-0.25, -0.2) is 8.42 Å². The zero-order valence-corrected chi connectivity index (χ0v) is 12.3.